The predicted octanol–water partition coefficient (Wildman–Crippen LogP) is 2.63. The summed E-state index contributed by atoms with van der Waals surface area (Å²) in [6, 6.07) is 17.4. The van der Waals surface area contributed by atoms with Gasteiger partial charge in [0.05, 0.1) is 13.2 Å². The maximum absolute atomic E-state index is 13.2. The first-order valence-corrected chi connectivity index (χ1v) is 9.79. The van der Waals surface area contributed by atoms with Crippen molar-refractivity contribution in [1.29, 1.82) is 0 Å². The quantitative estimate of drug-likeness (QED) is 0.587. The minimum absolute atomic E-state index is 0.0712. The summed E-state index contributed by atoms with van der Waals surface area (Å²) in [5.41, 5.74) is 3.09. The Kier molecular flexibility index (Phi) is 5.85. The molecular weight excluding hydrogens is 362 g/mol. The Balaban J connectivity index is 1.59. The summed E-state index contributed by atoms with van der Waals surface area (Å²) in [6.45, 7) is 4.66. The molecule has 0 bridgehead atoms. The standard InChI is InChI=1S/C24H23N3O2/c1-2-19-8-10-20(11-9-19)18-22-24(28)27(13-12-26-14-16-29-17-15-26)23(25-22)21-6-4-3-5-7-21/h1,3-11,18H,12-17H2/b22-18-. The molecule has 0 aliphatic carbocycles. The first kappa shape index (κ1) is 19.1. The molecule has 0 atom stereocenters. The lowest BCUT2D eigenvalue weighted by molar-refractivity contribution is -0.122. The number of carbonyl (C=O) groups excluding carboxylic acids is 1. The number of aliphatic imine (C=N–C) groups is 1. The molecule has 5 heteroatoms. The smallest absolute Gasteiger partial charge is 0.278 e. The molecular formula is C24H23N3O2. The van der Waals surface area contributed by atoms with Crippen LogP contribution >= 0.6 is 0 Å². The molecule has 0 unspecified atom stereocenters. The van der Waals surface area contributed by atoms with Crippen LogP contribution in [0.15, 0.2) is 65.3 Å². The molecule has 0 spiro atoms. The summed E-state index contributed by atoms with van der Waals surface area (Å²) in [6.07, 6.45) is 7.24. The molecule has 1 amide bonds. The number of amidine groups is 1. The van der Waals surface area contributed by atoms with Gasteiger partial charge >= 0.3 is 0 Å². The fraction of sp³-hybridized carbons (Fsp3) is 0.250. The normalized spacial score (nSPS) is 18.7. The van der Waals surface area contributed by atoms with Gasteiger partial charge in [-0.3, -0.25) is 14.6 Å². The molecule has 2 aromatic rings. The summed E-state index contributed by atoms with van der Waals surface area (Å²) in [5, 5.41) is 0. The van der Waals surface area contributed by atoms with Gasteiger partial charge in [0.15, 0.2) is 0 Å². The number of hydrogen-bond acceptors (Lipinski definition) is 4. The molecule has 4 rings (SSSR count). The fourth-order valence-electron chi connectivity index (χ4n) is 3.47. The van der Waals surface area contributed by atoms with Crippen LogP contribution in [0.3, 0.4) is 0 Å². The van der Waals surface area contributed by atoms with E-state index in [0.29, 0.717) is 18.1 Å². The molecule has 2 heterocycles. The van der Waals surface area contributed by atoms with E-state index in [4.69, 9.17) is 16.2 Å². The van der Waals surface area contributed by atoms with E-state index in [1.54, 1.807) is 4.90 Å². The first-order chi connectivity index (χ1) is 14.2. The third kappa shape index (κ3) is 4.45. The average Bonchev–Trinajstić information content (AvgIpc) is 3.09. The highest BCUT2D eigenvalue weighted by Crippen LogP contribution is 2.22. The summed E-state index contributed by atoms with van der Waals surface area (Å²) in [4.78, 5) is 22.0. The molecule has 0 saturated carbocycles. The van der Waals surface area contributed by atoms with E-state index in [1.807, 2.05) is 60.7 Å². The van der Waals surface area contributed by atoms with Crippen molar-refractivity contribution in [2.45, 2.75) is 0 Å². The van der Waals surface area contributed by atoms with Gasteiger partial charge in [0, 0.05) is 37.3 Å². The van der Waals surface area contributed by atoms with Crippen molar-refractivity contribution in [1.82, 2.24) is 9.80 Å². The van der Waals surface area contributed by atoms with Crippen LogP contribution in [0.4, 0.5) is 0 Å². The maximum Gasteiger partial charge on any atom is 0.278 e. The van der Waals surface area contributed by atoms with Crippen LogP contribution in [-0.4, -0.2) is 60.9 Å². The number of morpholine rings is 1. The van der Waals surface area contributed by atoms with Crippen LogP contribution in [-0.2, 0) is 9.53 Å². The van der Waals surface area contributed by atoms with Crippen LogP contribution < -0.4 is 0 Å². The summed E-state index contributed by atoms with van der Waals surface area (Å²) < 4.78 is 5.42. The number of nitrogens with zero attached hydrogens (tertiary/aromatic N) is 3. The zero-order valence-corrected chi connectivity index (χ0v) is 16.3. The van der Waals surface area contributed by atoms with Gasteiger partial charge in [-0.2, -0.15) is 0 Å². The molecule has 0 N–H and O–H groups in total. The topological polar surface area (TPSA) is 45.1 Å². The highest BCUT2D eigenvalue weighted by molar-refractivity contribution is 6.19. The van der Waals surface area contributed by atoms with E-state index in [2.05, 4.69) is 10.8 Å². The van der Waals surface area contributed by atoms with Gasteiger partial charge in [0.2, 0.25) is 0 Å². The molecule has 5 nitrogen and oxygen atoms in total. The monoisotopic (exact) mass is 385 g/mol. The largest absolute Gasteiger partial charge is 0.379 e. The number of hydrogen-bond donors (Lipinski definition) is 0. The Morgan fingerprint density at radius 3 is 2.45 bits per heavy atom. The fourth-order valence-corrected chi connectivity index (χ4v) is 3.47. The van der Waals surface area contributed by atoms with Gasteiger partial charge in [-0.05, 0) is 23.8 Å². The lowest BCUT2D eigenvalue weighted by Gasteiger charge is -2.28. The molecule has 0 aromatic heterocycles. The van der Waals surface area contributed by atoms with E-state index in [0.717, 1.165) is 49.5 Å². The van der Waals surface area contributed by atoms with Gasteiger partial charge in [-0.1, -0.05) is 48.4 Å². The van der Waals surface area contributed by atoms with Gasteiger partial charge in [0.25, 0.3) is 5.91 Å². The van der Waals surface area contributed by atoms with E-state index in [9.17, 15) is 4.79 Å². The van der Waals surface area contributed by atoms with Crippen LogP contribution in [0.2, 0.25) is 0 Å². The second-order valence-electron chi connectivity index (χ2n) is 7.01. The van der Waals surface area contributed by atoms with E-state index < -0.39 is 0 Å². The molecule has 2 aliphatic rings. The Bertz CT molecular complexity index is 965. The van der Waals surface area contributed by atoms with Crippen molar-refractivity contribution >= 4 is 17.8 Å². The Morgan fingerprint density at radius 2 is 1.76 bits per heavy atom. The molecule has 29 heavy (non-hydrogen) atoms. The molecule has 1 saturated heterocycles. The predicted molar refractivity (Wildman–Crippen MR) is 114 cm³/mol. The van der Waals surface area contributed by atoms with Crippen LogP contribution in [0.1, 0.15) is 16.7 Å². The van der Waals surface area contributed by atoms with Gasteiger partial charge in [-0.25, -0.2) is 4.99 Å². The van der Waals surface area contributed by atoms with Crippen LogP contribution in [0.25, 0.3) is 6.08 Å². The molecule has 2 aromatic carbocycles. The third-order valence-electron chi connectivity index (χ3n) is 5.10. The Labute approximate surface area is 171 Å². The second kappa shape index (κ2) is 8.87. The van der Waals surface area contributed by atoms with Crippen molar-refractivity contribution in [2.75, 3.05) is 39.4 Å². The maximum atomic E-state index is 13.2. The highest BCUT2D eigenvalue weighted by Gasteiger charge is 2.31. The summed E-state index contributed by atoms with van der Waals surface area (Å²) >= 11 is 0. The average molecular weight is 385 g/mol. The minimum Gasteiger partial charge on any atom is -0.379 e. The lowest BCUT2D eigenvalue weighted by atomic mass is 10.1. The lowest BCUT2D eigenvalue weighted by Crippen LogP contribution is -2.43. The van der Waals surface area contributed by atoms with Crippen molar-refractivity contribution in [2.24, 2.45) is 4.99 Å². The van der Waals surface area contributed by atoms with Gasteiger partial charge in [-0.15, -0.1) is 6.42 Å². The Hall–Kier alpha value is -3.20. The van der Waals surface area contributed by atoms with Gasteiger partial charge in [0.1, 0.15) is 11.5 Å². The number of amides is 1. The van der Waals surface area contributed by atoms with Crippen molar-refractivity contribution in [3.8, 4) is 12.3 Å². The van der Waals surface area contributed by atoms with E-state index >= 15 is 0 Å². The summed E-state index contributed by atoms with van der Waals surface area (Å²) in [5.74, 6) is 3.24. The summed E-state index contributed by atoms with van der Waals surface area (Å²) in [7, 11) is 0. The van der Waals surface area contributed by atoms with Crippen LogP contribution in [0, 0.1) is 12.3 Å². The molecule has 0 radical (unpaired) electrons. The molecule has 2 aliphatic heterocycles. The van der Waals surface area contributed by atoms with Gasteiger partial charge < -0.3 is 4.74 Å². The number of terminal acetylenes is 1. The number of carbonyl (C=O) groups is 1. The first-order valence-electron chi connectivity index (χ1n) is 9.79. The van der Waals surface area contributed by atoms with Crippen LogP contribution in [0.5, 0.6) is 0 Å². The van der Waals surface area contributed by atoms with Crippen molar-refractivity contribution in [3.63, 3.8) is 0 Å². The van der Waals surface area contributed by atoms with E-state index in [1.165, 1.54) is 0 Å². The number of rotatable bonds is 5. The highest BCUT2D eigenvalue weighted by atomic mass is 16.5. The number of ether oxygens (including phenoxy) is 1. The second-order valence-corrected chi connectivity index (χ2v) is 7.01. The van der Waals surface area contributed by atoms with E-state index in [-0.39, 0.29) is 5.91 Å². The zero-order valence-electron chi connectivity index (χ0n) is 16.3. The molecule has 146 valence electrons. The van der Waals surface area contributed by atoms with Crippen molar-refractivity contribution in [3.05, 3.63) is 77.0 Å². The Morgan fingerprint density at radius 1 is 1.03 bits per heavy atom. The van der Waals surface area contributed by atoms with Crippen molar-refractivity contribution < 1.29 is 9.53 Å². The zero-order chi connectivity index (χ0) is 20.1. The SMILES string of the molecule is C#Cc1ccc(/C=C2\N=C(c3ccccc3)N(CCN3CCOCC3)C2=O)cc1. The minimum atomic E-state index is -0.0712. The molecule has 1 fully saturated rings. The third-order valence-corrected chi connectivity index (χ3v) is 5.10. The number of benzene rings is 2.